The fourth-order valence-electron chi connectivity index (χ4n) is 2.33. The summed E-state index contributed by atoms with van der Waals surface area (Å²) in [7, 11) is 0. The summed E-state index contributed by atoms with van der Waals surface area (Å²) in [4.78, 5) is 34.8. The summed E-state index contributed by atoms with van der Waals surface area (Å²) < 4.78 is 1.16. The molecule has 1 heterocycles. The van der Waals surface area contributed by atoms with Gasteiger partial charge >= 0.3 is 0 Å². The Kier molecular flexibility index (Phi) is 4.75. The number of anilines is 1. The van der Waals surface area contributed by atoms with Gasteiger partial charge < -0.3 is 9.88 Å². The molecule has 2 aromatic rings. The van der Waals surface area contributed by atoms with Crippen molar-refractivity contribution < 1.29 is 9.72 Å². The Balaban J connectivity index is 2.31. The average Bonchev–Trinajstić information content (AvgIpc) is 2.52. The lowest BCUT2D eigenvalue weighted by atomic mass is 10.1. The number of rotatable bonds is 4. The maximum Gasteiger partial charge on any atom is 0.292 e. The Morgan fingerprint density at radius 2 is 2.04 bits per heavy atom. The van der Waals surface area contributed by atoms with Crippen LogP contribution in [0, 0.1) is 35.3 Å². The minimum atomic E-state index is -0.604. The van der Waals surface area contributed by atoms with Crippen LogP contribution in [-0.2, 0) is 11.3 Å². The number of carbonyl (C=O) groups excluding carboxylic acids is 1. The molecule has 8 nitrogen and oxygen atoms in total. The molecular formula is C16H14N4O4. The van der Waals surface area contributed by atoms with Gasteiger partial charge in [-0.05, 0) is 31.5 Å². The second kappa shape index (κ2) is 6.75. The fourth-order valence-corrected chi connectivity index (χ4v) is 2.33. The maximum absolute atomic E-state index is 12.3. The number of aromatic nitrogens is 1. The van der Waals surface area contributed by atoms with Crippen LogP contribution >= 0.6 is 0 Å². The van der Waals surface area contributed by atoms with Crippen molar-refractivity contribution in [3.8, 4) is 6.07 Å². The molecule has 1 N–H and O–H groups in total. The second-order valence-electron chi connectivity index (χ2n) is 5.17. The van der Waals surface area contributed by atoms with Gasteiger partial charge in [-0.3, -0.25) is 19.7 Å². The molecule has 0 fully saturated rings. The molecule has 0 aliphatic heterocycles. The molecule has 0 unspecified atom stereocenters. The van der Waals surface area contributed by atoms with Crippen LogP contribution in [0.4, 0.5) is 11.4 Å². The second-order valence-corrected chi connectivity index (χ2v) is 5.17. The number of aryl methyl sites for hydroxylation is 2. The van der Waals surface area contributed by atoms with Crippen molar-refractivity contribution in [2.24, 2.45) is 0 Å². The monoisotopic (exact) mass is 326 g/mol. The van der Waals surface area contributed by atoms with E-state index < -0.39 is 16.4 Å². The van der Waals surface area contributed by atoms with Gasteiger partial charge in [0, 0.05) is 11.8 Å². The minimum absolute atomic E-state index is 0.0286. The number of nitrogens with zero attached hydrogens (tertiary/aromatic N) is 3. The van der Waals surface area contributed by atoms with Crippen molar-refractivity contribution in [3.05, 3.63) is 67.6 Å². The number of nitro groups is 1. The first-order valence-electron chi connectivity index (χ1n) is 6.99. The van der Waals surface area contributed by atoms with Crippen LogP contribution in [0.3, 0.4) is 0 Å². The maximum atomic E-state index is 12.3. The lowest BCUT2D eigenvalue weighted by molar-refractivity contribution is -0.383. The van der Waals surface area contributed by atoms with Crippen LogP contribution < -0.4 is 10.9 Å². The van der Waals surface area contributed by atoms with Gasteiger partial charge in [0.05, 0.1) is 4.92 Å². The van der Waals surface area contributed by atoms with Crippen molar-refractivity contribution in [3.63, 3.8) is 0 Å². The first-order valence-corrected chi connectivity index (χ1v) is 6.99. The van der Waals surface area contributed by atoms with Crippen molar-refractivity contribution in [2.75, 3.05) is 5.32 Å². The van der Waals surface area contributed by atoms with Crippen LogP contribution in [0.5, 0.6) is 0 Å². The predicted octanol–water partition coefficient (Wildman–Crippen LogP) is 1.88. The number of nitro benzene ring substituents is 1. The van der Waals surface area contributed by atoms with Gasteiger partial charge in [-0.25, -0.2) is 0 Å². The number of amides is 1. The number of pyridine rings is 1. The highest BCUT2D eigenvalue weighted by Gasteiger charge is 2.17. The molecule has 0 atom stereocenters. The summed E-state index contributed by atoms with van der Waals surface area (Å²) in [6, 6.07) is 9.18. The van der Waals surface area contributed by atoms with Gasteiger partial charge in [-0.15, -0.1) is 0 Å². The molecule has 24 heavy (non-hydrogen) atoms. The largest absolute Gasteiger partial charge is 0.319 e. The molecule has 0 saturated carbocycles. The van der Waals surface area contributed by atoms with Crippen molar-refractivity contribution in [1.82, 2.24) is 4.57 Å². The van der Waals surface area contributed by atoms with E-state index in [-0.39, 0.29) is 23.5 Å². The van der Waals surface area contributed by atoms with Gasteiger partial charge in [0.1, 0.15) is 23.9 Å². The van der Waals surface area contributed by atoms with E-state index in [0.717, 1.165) is 4.57 Å². The highest BCUT2D eigenvalue weighted by molar-refractivity contribution is 5.92. The van der Waals surface area contributed by atoms with E-state index in [9.17, 15) is 19.7 Å². The topological polar surface area (TPSA) is 118 Å². The fraction of sp³-hybridized carbons (Fsp3) is 0.188. The normalized spacial score (nSPS) is 10.0. The molecule has 0 saturated heterocycles. The first kappa shape index (κ1) is 16.9. The van der Waals surface area contributed by atoms with Crippen molar-refractivity contribution in [1.29, 1.82) is 5.26 Å². The third-order valence-corrected chi connectivity index (χ3v) is 3.49. The van der Waals surface area contributed by atoms with Crippen LogP contribution in [0.2, 0.25) is 0 Å². The molecule has 0 aliphatic rings. The molecule has 1 aromatic heterocycles. The Labute approximate surface area is 137 Å². The molecule has 2 rings (SSSR count). The molecule has 8 heteroatoms. The molecule has 1 amide bonds. The molecule has 0 spiro atoms. The summed E-state index contributed by atoms with van der Waals surface area (Å²) in [5.41, 5.74) is 0.277. The Bertz CT molecular complexity index is 925. The zero-order valence-electron chi connectivity index (χ0n) is 13.1. The van der Waals surface area contributed by atoms with Gasteiger partial charge in [0.25, 0.3) is 11.2 Å². The standard InChI is InChI=1S/C16H14N4O4/c1-10-7-11(2)19(16(22)12(10)8-17)9-15(21)18-13-5-3-4-6-14(13)20(23)24/h3-7H,9H2,1-2H3,(H,18,21). The van der Waals surface area contributed by atoms with Crippen LogP contribution in [0.1, 0.15) is 16.8 Å². The Morgan fingerprint density at radius 1 is 1.38 bits per heavy atom. The average molecular weight is 326 g/mol. The van der Waals surface area contributed by atoms with Gasteiger partial charge in [0.15, 0.2) is 0 Å². The molecule has 0 aliphatic carbocycles. The molecule has 122 valence electrons. The highest BCUT2D eigenvalue weighted by Crippen LogP contribution is 2.23. The summed E-state index contributed by atoms with van der Waals surface area (Å²) in [5, 5.41) is 22.4. The predicted molar refractivity (Wildman–Crippen MR) is 86.6 cm³/mol. The van der Waals surface area contributed by atoms with Crippen LogP contribution in [-0.4, -0.2) is 15.4 Å². The number of hydrogen-bond donors (Lipinski definition) is 1. The van der Waals surface area contributed by atoms with Gasteiger partial charge in [0.2, 0.25) is 5.91 Å². The number of nitriles is 1. The number of carbonyl (C=O) groups is 1. The number of nitrogens with one attached hydrogen (secondary N) is 1. The van der Waals surface area contributed by atoms with Crippen molar-refractivity contribution >= 4 is 17.3 Å². The minimum Gasteiger partial charge on any atom is -0.319 e. The number of para-hydroxylation sites is 2. The van der Waals surface area contributed by atoms with E-state index in [1.807, 2.05) is 6.07 Å². The zero-order chi connectivity index (χ0) is 17.9. The molecule has 0 radical (unpaired) electrons. The SMILES string of the molecule is Cc1cc(C)n(CC(=O)Nc2ccccc2[N+](=O)[O-])c(=O)c1C#N. The van der Waals surface area contributed by atoms with Gasteiger partial charge in [-0.1, -0.05) is 12.1 Å². The zero-order valence-corrected chi connectivity index (χ0v) is 13.1. The number of benzene rings is 1. The highest BCUT2D eigenvalue weighted by atomic mass is 16.6. The number of hydrogen-bond acceptors (Lipinski definition) is 5. The van der Waals surface area contributed by atoms with Crippen LogP contribution in [0.25, 0.3) is 0 Å². The summed E-state index contributed by atoms with van der Waals surface area (Å²) in [6.07, 6.45) is 0. The lowest BCUT2D eigenvalue weighted by Crippen LogP contribution is -2.31. The summed E-state index contributed by atoms with van der Waals surface area (Å²) in [5.74, 6) is -0.595. The summed E-state index contributed by atoms with van der Waals surface area (Å²) in [6.45, 7) is 2.95. The molecule has 0 bridgehead atoms. The lowest BCUT2D eigenvalue weighted by Gasteiger charge is -2.12. The molecule has 1 aromatic carbocycles. The first-order chi connectivity index (χ1) is 11.3. The van der Waals surface area contributed by atoms with Crippen molar-refractivity contribution in [2.45, 2.75) is 20.4 Å². The van der Waals surface area contributed by atoms with Gasteiger partial charge in [-0.2, -0.15) is 5.26 Å². The van der Waals surface area contributed by atoms with E-state index in [2.05, 4.69) is 5.32 Å². The third kappa shape index (κ3) is 3.30. The third-order valence-electron chi connectivity index (χ3n) is 3.49. The summed E-state index contributed by atoms with van der Waals surface area (Å²) >= 11 is 0. The van der Waals surface area contributed by atoms with Crippen LogP contribution in [0.15, 0.2) is 35.1 Å². The van der Waals surface area contributed by atoms with E-state index in [4.69, 9.17) is 5.26 Å². The van der Waals surface area contributed by atoms with E-state index >= 15 is 0 Å². The van der Waals surface area contributed by atoms with E-state index in [1.54, 1.807) is 26.0 Å². The van der Waals surface area contributed by atoms with E-state index in [0.29, 0.717) is 11.3 Å². The van der Waals surface area contributed by atoms with E-state index in [1.165, 1.54) is 18.2 Å². The smallest absolute Gasteiger partial charge is 0.292 e. The molecular weight excluding hydrogens is 312 g/mol. The quantitative estimate of drug-likeness (QED) is 0.680. The Hall–Kier alpha value is -3.47. The Morgan fingerprint density at radius 3 is 2.67 bits per heavy atom.